The lowest BCUT2D eigenvalue weighted by Gasteiger charge is -2.15. The third-order valence-corrected chi connectivity index (χ3v) is 3.07. The predicted molar refractivity (Wildman–Crippen MR) is 45.0 cm³/mol. The third kappa shape index (κ3) is 1.89. The normalized spacial score (nSPS) is 24.7. The molecule has 0 spiro atoms. The van der Waals surface area contributed by atoms with Gasteiger partial charge < -0.3 is 0 Å². The summed E-state index contributed by atoms with van der Waals surface area (Å²) in [5.74, 6) is 2.93. The van der Waals surface area contributed by atoms with Crippen molar-refractivity contribution in [3.63, 3.8) is 0 Å². The minimum absolute atomic E-state index is 0.857. The molecular weight excluding hydrogens is 128 g/mol. The molecule has 0 aromatic rings. The van der Waals surface area contributed by atoms with E-state index in [1.165, 1.54) is 25.7 Å². The van der Waals surface area contributed by atoms with E-state index >= 15 is 0 Å². The van der Waals surface area contributed by atoms with E-state index in [0.29, 0.717) is 0 Å². The number of hydrogen-bond acceptors (Lipinski definition) is 1. The van der Waals surface area contributed by atoms with Crippen LogP contribution in [0.15, 0.2) is 0 Å². The highest BCUT2D eigenvalue weighted by Gasteiger charge is 2.19. The second-order valence-corrected chi connectivity index (χ2v) is 3.57. The Morgan fingerprint density at radius 2 is 2.00 bits per heavy atom. The van der Waals surface area contributed by atoms with E-state index in [4.69, 9.17) is 0 Å². The van der Waals surface area contributed by atoms with E-state index in [2.05, 4.69) is 19.6 Å². The summed E-state index contributed by atoms with van der Waals surface area (Å²) >= 11 is 4.29. The first-order chi connectivity index (χ1) is 4.34. The third-order valence-electron chi connectivity index (χ3n) is 2.49. The van der Waals surface area contributed by atoms with Gasteiger partial charge in [0.2, 0.25) is 0 Å². The van der Waals surface area contributed by atoms with Crippen LogP contribution in [-0.4, -0.2) is 5.75 Å². The summed E-state index contributed by atoms with van der Waals surface area (Å²) in [5, 5.41) is 0. The van der Waals surface area contributed by atoms with E-state index in [1.807, 2.05) is 0 Å². The molecule has 1 aliphatic rings. The van der Waals surface area contributed by atoms with E-state index < -0.39 is 0 Å². The van der Waals surface area contributed by atoms with Crippen LogP contribution in [0.1, 0.15) is 32.6 Å². The molecule has 54 valence electrons. The fourth-order valence-corrected chi connectivity index (χ4v) is 1.97. The summed E-state index contributed by atoms with van der Waals surface area (Å²) < 4.78 is 0. The molecule has 0 amide bonds. The van der Waals surface area contributed by atoms with Crippen LogP contribution in [0.5, 0.6) is 0 Å². The van der Waals surface area contributed by atoms with Crippen LogP contribution >= 0.6 is 12.6 Å². The van der Waals surface area contributed by atoms with Crippen molar-refractivity contribution in [2.24, 2.45) is 11.8 Å². The summed E-state index contributed by atoms with van der Waals surface area (Å²) in [6.07, 6.45) is 5.84. The Morgan fingerprint density at radius 1 is 1.44 bits per heavy atom. The second kappa shape index (κ2) is 3.50. The summed E-state index contributed by atoms with van der Waals surface area (Å²) in [4.78, 5) is 0. The standard InChI is InChI=1S/C8H16S/c1-7(6-9)8-4-2-3-5-8/h7-9H,2-6H2,1H3. The highest BCUT2D eigenvalue weighted by Crippen LogP contribution is 2.31. The average molecular weight is 144 g/mol. The zero-order valence-electron chi connectivity index (χ0n) is 6.14. The van der Waals surface area contributed by atoms with Gasteiger partial charge >= 0.3 is 0 Å². The second-order valence-electron chi connectivity index (χ2n) is 3.20. The molecule has 1 heteroatoms. The van der Waals surface area contributed by atoms with Gasteiger partial charge in [-0.25, -0.2) is 0 Å². The molecule has 1 saturated carbocycles. The Bertz CT molecular complexity index is 74.6. The molecule has 0 aliphatic heterocycles. The summed E-state index contributed by atoms with van der Waals surface area (Å²) in [5.41, 5.74) is 0. The van der Waals surface area contributed by atoms with Crippen molar-refractivity contribution in [1.82, 2.24) is 0 Å². The van der Waals surface area contributed by atoms with E-state index in [9.17, 15) is 0 Å². The van der Waals surface area contributed by atoms with Gasteiger partial charge in [-0.3, -0.25) is 0 Å². The van der Waals surface area contributed by atoms with Crippen molar-refractivity contribution >= 4 is 12.6 Å². The lowest BCUT2D eigenvalue weighted by atomic mass is 9.94. The molecular formula is C8H16S. The Balaban J connectivity index is 2.24. The molecule has 0 bridgehead atoms. The minimum Gasteiger partial charge on any atom is -0.179 e. The molecule has 1 atom stereocenters. The van der Waals surface area contributed by atoms with Gasteiger partial charge in [0.25, 0.3) is 0 Å². The van der Waals surface area contributed by atoms with Gasteiger partial charge in [0, 0.05) is 0 Å². The minimum atomic E-state index is 0.857. The van der Waals surface area contributed by atoms with Crippen LogP contribution in [0.2, 0.25) is 0 Å². The Labute approximate surface area is 63.4 Å². The maximum atomic E-state index is 4.29. The first-order valence-electron chi connectivity index (χ1n) is 3.95. The number of rotatable bonds is 2. The molecule has 0 aromatic heterocycles. The highest BCUT2D eigenvalue weighted by molar-refractivity contribution is 7.80. The van der Waals surface area contributed by atoms with Gasteiger partial charge in [0.15, 0.2) is 0 Å². The van der Waals surface area contributed by atoms with Crippen LogP contribution < -0.4 is 0 Å². The van der Waals surface area contributed by atoms with Crippen molar-refractivity contribution in [1.29, 1.82) is 0 Å². The smallest absolute Gasteiger partial charge is 0.00695 e. The lowest BCUT2D eigenvalue weighted by Crippen LogP contribution is -2.08. The molecule has 1 fully saturated rings. The van der Waals surface area contributed by atoms with Gasteiger partial charge in [0.05, 0.1) is 0 Å². The Morgan fingerprint density at radius 3 is 2.44 bits per heavy atom. The SMILES string of the molecule is CC(CS)C1CCCC1. The molecule has 0 nitrogen and oxygen atoms in total. The van der Waals surface area contributed by atoms with Gasteiger partial charge in [-0.15, -0.1) is 0 Å². The summed E-state index contributed by atoms with van der Waals surface area (Å²) in [7, 11) is 0. The maximum Gasteiger partial charge on any atom is -0.00695 e. The van der Waals surface area contributed by atoms with Crippen molar-refractivity contribution in [3.8, 4) is 0 Å². The first-order valence-corrected chi connectivity index (χ1v) is 4.58. The van der Waals surface area contributed by atoms with E-state index in [-0.39, 0.29) is 0 Å². The first kappa shape index (κ1) is 7.46. The van der Waals surface area contributed by atoms with Gasteiger partial charge in [-0.2, -0.15) is 12.6 Å². The molecule has 1 unspecified atom stereocenters. The number of thiol groups is 1. The predicted octanol–water partition coefficient (Wildman–Crippen LogP) is 2.74. The number of hydrogen-bond donors (Lipinski definition) is 1. The molecule has 9 heavy (non-hydrogen) atoms. The van der Waals surface area contributed by atoms with Crippen LogP contribution in [0, 0.1) is 11.8 Å². The molecule has 1 rings (SSSR count). The molecule has 0 N–H and O–H groups in total. The van der Waals surface area contributed by atoms with Gasteiger partial charge in [-0.1, -0.05) is 32.6 Å². The molecule has 0 aromatic carbocycles. The maximum absolute atomic E-state index is 4.29. The lowest BCUT2D eigenvalue weighted by molar-refractivity contribution is 0.403. The summed E-state index contributed by atoms with van der Waals surface area (Å²) in [6, 6.07) is 0. The van der Waals surface area contributed by atoms with Crippen molar-refractivity contribution in [3.05, 3.63) is 0 Å². The fourth-order valence-electron chi connectivity index (χ4n) is 1.68. The summed E-state index contributed by atoms with van der Waals surface area (Å²) in [6.45, 7) is 2.32. The van der Waals surface area contributed by atoms with Crippen molar-refractivity contribution < 1.29 is 0 Å². The van der Waals surface area contributed by atoms with Gasteiger partial charge in [0.1, 0.15) is 0 Å². The highest BCUT2D eigenvalue weighted by atomic mass is 32.1. The van der Waals surface area contributed by atoms with Gasteiger partial charge in [-0.05, 0) is 17.6 Å². The van der Waals surface area contributed by atoms with Crippen LogP contribution in [0.25, 0.3) is 0 Å². The average Bonchev–Trinajstić information content (AvgIpc) is 2.37. The van der Waals surface area contributed by atoms with E-state index in [0.717, 1.165) is 17.6 Å². The quantitative estimate of drug-likeness (QED) is 0.566. The Hall–Kier alpha value is 0.350. The fraction of sp³-hybridized carbons (Fsp3) is 1.00. The largest absolute Gasteiger partial charge is 0.179 e. The van der Waals surface area contributed by atoms with Crippen LogP contribution in [-0.2, 0) is 0 Å². The molecule has 0 radical (unpaired) electrons. The molecule has 0 heterocycles. The van der Waals surface area contributed by atoms with Crippen molar-refractivity contribution in [2.45, 2.75) is 32.6 Å². The van der Waals surface area contributed by atoms with Crippen LogP contribution in [0.4, 0.5) is 0 Å². The topological polar surface area (TPSA) is 0 Å². The zero-order valence-corrected chi connectivity index (χ0v) is 7.03. The van der Waals surface area contributed by atoms with Crippen molar-refractivity contribution in [2.75, 3.05) is 5.75 Å². The zero-order chi connectivity index (χ0) is 6.69. The van der Waals surface area contributed by atoms with E-state index in [1.54, 1.807) is 0 Å². The Kier molecular flexibility index (Phi) is 2.90. The molecule has 1 aliphatic carbocycles. The van der Waals surface area contributed by atoms with Crippen LogP contribution in [0.3, 0.4) is 0 Å². The molecule has 0 saturated heterocycles. The monoisotopic (exact) mass is 144 g/mol.